The van der Waals surface area contributed by atoms with Crippen molar-refractivity contribution >= 4 is 50.3 Å². The zero-order valence-electron chi connectivity index (χ0n) is 11.9. The van der Waals surface area contributed by atoms with E-state index in [1.807, 2.05) is 24.3 Å². The fraction of sp³-hybridized carbons (Fsp3) is 0.0625. The summed E-state index contributed by atoms with van der Waals surface area (Å²) in [7, 11) is 0. The molecular weight excluding hydrogens is 348 g/mol. The Morgan fingerprint density at radius 3 is 2.87 bits per heavy atom. The number of thiazole rings is 2. The summed E-state index contributed by atoms with van der Waals surface area (Å²) in [6.07, 6.45) is 3.59. The van der Waals surface area contributed by atoms with Gasteiger partial charge in [0.1, 0.15) is 15.4 Å². The van der Waals surface area contributed by atoms with E-state index in [2.05, 4.69) is 32.4 Å². The van der Waals surface area contributed by atoms with Gasteiger partial charge in [-0.1, -0.05) is 35.1 Å². The molecule has 114 valence electrons. The molecule has 0 saturated heterocycles. The first kappa shape index (κ1) is 14.6. The SMILES string of the molecule is Clc1ncc(CNc2cccc(-c3nc4cccnc4s3)c2)s1. The highest BCUT2D eigenvalue weighted by atomic mass is 35.5. The predicted molar refractivity (Wildman–Crippen MR) is 97.3 cm³/mol. The van der Waals surface area contributed by atoms with Crippen LogP contribution in [0.15, 0.2) is 48.8 Å². The Hall–Kier alpha value is -2.02. The first-order chi connectivity index (χ1) is 11.3. The molecule has 23 heavy (non-hydrogen) atoms. The van der Waals surface area contributed by atoms with Crippen LogP contribution < -0.4 is 5.32 Å². The van der Waals surface area contributed by atoms with Crippen molar-refractivity contribution in [3.63, 3.8) is 0 Å². The third-order valence-corrected chi connectivity index (χ3v) is 5.41. The Balaban J connectivity index is 1.58. The molecule has 1 aromatic carbocycles. The van der Waals surface area contributed by atoms with Crippen LogP contribution in [0.3, 0.4) is 0 Å². The molecule has 0 aliphatic carbocycles. The number of halogens is 1. The summed E-state index contributed by atoms with van der Waals surface area (Å²) >= 11 is 8.94. The molecule has 0 aliphatic rings. The molecule has 0 spiro atoms. The zero-order valence-corrected chi connectivity index (χ0v) is 14.3. The average Bonchev–Trinajstić information content (AvgIpc) is 3.19. The van der Waals surface area contributed by atoms with Gasteiger partial charge in [0.05, 0.1) is 6.54 Å². The number of anilines is 1. The molecule has 7 heteroatoms. The molecular formula is C16H11ClN4S2. The second kappa shape index (κ2) is 6.23. The smallest absolute Gasteiger partial charge is 0.183 e. The maximum absolute atomic E-state index is 5.85. The highest BCUT2D eigenvalue weighted by Crippen LogP contribution is 2.30. The maximum atomic E-state index is 5.85. The average molecular weight is 359 g/mol. The Morgan fingerprint density at radius 1 is 1.09 bits per heavy atom. The molecule has 0 bridgehead atoms. The molecule has 0 fully saturated rings. The Bertz CT molecular complexity index is 930. The van der Waals surface area contributed by atoms with Crippen molar-refractivity contribution in [3.8, 4) is 10.6 Å². The third kappa shape index (κ3) is 3.19. The van der Waals surface area contributed by atoms with Gasteiger partial charge >= 0.3 is 0 Å². The standard InChI is InChI=1S/C16H11ClN4S2/c17-16-20-9-12(22-16)8-19-11-4-1-3-10(7-11)14-21-13-5-2-6-18-15(13)23-14/h1-7,9,19H,8H2. The molecule has 0 unspecified atom stereocenters. The maximum Gasteiger partial charge on any atom is 0.183 e. The number of nitrogens with zero attached hydrogens (tertiary/aromatic N) is 3. The lowest BCUT2D eigenvalue weighted by atomic mass is 10.2. The molecule has 0 saturated carbocycles. The topological polar surface area (TPSA) is 50.7 Å². The summed E-state index contributed by atoms with van der Waals surface area (Å²) in [5.41, 5.74) is 3.06. The Kier molecular flexibility index (Phi) is 3.95. The van der Waals surface area contributed by atoms with Gasteiger partial charge in [-0.15, -0.1) is 11.3 Å². The van der Waals surface area contributed by atoms with Crippen molar-refractivity contribution in [1.29, 1.82) is 0 Å². The zero-order chi connectivity index (χ0) is 15.6. The minimum absolute atomic E-state index is 0.567. The number of fused-ring (bicyclic) bond motifs is 1. The summed E-state index contributed by atoms with van der Waals surface area (Å²) < 4.78 is 0.567. The van der Waals surface area contributed by atoms with Crippen LogP contribution in [0.2, 0.25) is 4.47 Å². The molecule has 4 nitrogen and oxygen atoms in total. The van der Waals surface area contributed by atoms with E-state index in [-0.39, 0.29) is 0 Å². The first-order valence-electron chi connectivity index (χ1n) is 6.94. The van der Waals surface area contributed by atoms with E-state index in [1.54, 1.807) is 23.7 Å². The van der Waals surface area contributed by atoms with E-state index in [0.717, 1.165) is 31.5 Å². The lowest BCUT2D eigenvalue weighted by Crippen LogP contribution is -1.97. The summed E-state index contributed by atoms with van der Waals surface area (Å²) in [5, 5.41) is 4.37. The summed E-state index contributed by atoms with van der Waals surface area (Å²) in [6.45, 7) is 0.704. The summed E-state index contributed by atoms with van der Waals surface area (Å²) in [4.78, 5) is 15.1. The second-order valence-electron chi connectivity index (χ2n) is 4.86. The Labute approximate surface area is 145 Å². The lowest BCUT2D eigenvalue weighted by Gasteiger charge is -2.05. The quantitative estimate of drug-likeness (QED) is 0.552. The molecule has 4 aromatic rings. The van der Waals surface area contributed by atoms with Crippen LogP contribution in [-0.4, -0.2) is 15.0 Å². The fourth-order valence-corrected chi connectivity index (χ4v) is 4.03. The van der Waals surface area contributed by atoms with Crippen LogP contribution in [0.4, 0.5) is 5.69 Å². The van der Waals surface area contributed by atoms with Crippen LogP contribution >= 0.6 is 34.3 Å². The molecule has 1 N–H and O–H groups in total. The molecule has 3 heterocycles. The number of rotatable bonds is 4. The Morgan fingerprint density at radius 2 is 2.04 bits per heavy atom. The molecule has 0 aliphatic heterocycles. The van der Waals surface area contributed by atoms with Gasteiger partial charge in [0.25, 0.3) is 0 Å². The monoisotopic (exact) mass is 358 g/mol. The summed E-state index contributed by atoms with van der Waals surface area (Å²) in [6, 6.07) is 12.1. The third-order valence-electron chi connectivity index (χ3n) is 3.27. The number of benzene rings is 1. The van der Waals surface area contributed by atoms with E-state index in [0.29, 0.717) is 11.0 Å². The number of nitrogens with one attached hydrogen (secondary N) is 1. The molecule has 0 amide bonds. The van der Waals surface area contributed by atoms with Crippen molar-refractivity contribution in [3.05, 3.63) is 58.1 Å². The number of aromatic nitrogens is 3. The van der Waals surface area contributed by atoms with Gasteiger partial charge in [-0.2, -0.15) is 0 Å². The van der Waals surface area contributed by atoms with Gasteiger partial charge in [0, 0.05) is 28.5 Å². The number of hydrogen-bond donors (Lipinski definition) is 1. The minimum Gasteiger partial charge on any atom is -0.380 e. The van der Waals surface area contributed by atoms with Crippen LogP contribution in [0.25, 0.3) is 20.9 Å². The molecule has 0 atom stereocenters. The summed E-state index contributed by atoms with van der Waals surface area (Å²) in [5.74, 6) is 0. The lowest BCUT2D eigenvalue weighted by molar-refractivity contribution is 1.17. The van der Waals surface area contributed by atoms with Gasteiger partial charge in [-0.05, 0) is 24.3 Å². The molecule has 3 aromatic heterocycles. The second-order valence-corrected chi connectivity index (χ2v) is 7.54. The highest BCUT2D eigenvalue weighted by Gasteiger charge is 2.07. The van der Waals surface area contributed by atoms with E-state index in [1.165, 1.54) is 11.3 Å². The van der Waals surface area contributed by atoms with Gasteiger partial charge in [-0.3, -0.25) is 0 Å². The van der Waals surface area contributed by atoms with Crippen LogP contribution in [0, 0.1) is 0 Å². The van der Waals surface area contributed by atoms with Crippen LogP contribution in [0.5, 0.6) is 0 Å². The molecule has 0 radical (unpaired) electrons. The van der Waals surface area contributed by atoms with Crippen molar-refractivity contribution < 1.29 is 0 Å². The van der Waals surface area contributed by atoms with Crippen LogP contribution in [0.1, 0.15) is 4.88 Å². The fourth-order valence-electron chi connectivity index (χ4n) is 2.21. The van der Waals surface area contributed by atoms with Gasteiger partial charge in [0.15, 0.2) is 4.47 Å². The van der Waals surface area contributed by atoms with Crippen molar-refractivity contribution in [1.82, 2.24) is 15.0 Å². The van der Waals surface area contributed by atoms with Gasteiger partial charge in [-0.25, -0.2) is 15.0 Å². The van der Waals surface area contributed by atoms with E-state index in [9.17, 15) is 0 Å². The number of pyridine rings is 1. The van der Waals surface area contributed by atoms with Crippen molar-refractivity contribution in [2.75, 3.05) is 5.32 Å². The van der Waals surface area contributed by atoms with Crippen molar-refractivity contribution in [2.24, 2.45) is 0 Å². The van der Waals surface area contributed by atoms with E-state index >= 15 is 0 Å². The molecule has 4 rings (SSSR count). The first-order valence-corrected chi connectivity index (χ1v) is 8.95. The van der Waals surface area contributed by atoms with Gasteiger partial charge < -0.3 is 5.32 Å². The van der Waals surface area contributed by atoms with E-state index in [4.69, 9.17) is 11.6 Å². The van der Waals surface area contributed by atoms with Gasteiger partial charge in [0.2, 0.25) is 0 Å². The largest absolute Gasteiger partial charge is 0.380 e. The highest BCUT2D eigenvalue weighted by molar-refractivity contribution is 7.21. The van der Waals surface area contributed by atoms with E-state index < -0.39 is 0 Å². The normalized spacial score (nSPS) is 11.0. The van der Waals surface area contributed by atoms with Crippen LogP contribution in [-0.2, 0) is 6.54 Å². The number of hydrogen-bond acceptors (Lipinski definition) is 6. The van der Waals surface area contributed by atoms with Crippen molar-refractivity contribution in [2.45, 2.75) is 6.54 Å². The predicted octanol–water partition coefficient (Wildman–Crippen LogP) is 5.08. The minimum atomic E-state index is 0.567.